The molecule has 0 spiro atoms. The Morgan fingerprint density at radius 2 is 1.52 bits per heavy atom. The van der Waals surface area contributed by atoms with Crippen molar-refractivity contribution in [1.82, 2.24) is 0 Å². The van der Waals surface area contributed by atoms with E-state index in [4.69, 9.17) is 4.74 Å². The molecule has 0 bridgehead atoms. The Labute approximate surface area is 164 Å². The van der Waals surface area contributed by atoms with Crippen molar-refractivity contribution in [2.24, 2.45) is 4.99 Å². The predicted molar refractivity (Wildman–Crippen MR) is 94.7 cm³/mol. The molecule has 0 saturated carbocycles. The van der Waals surface area contributed by atoms with Crippen LogP contribution in [0.3, 0.4) is 0 Å². The van der Waals surface area contributed by atoms with E-state index < -0.39 is 46.2 Å². The molecule has 0 aliphatic carbocycles. The molecule has 0 fully saturated rings. The number of carbonyl (C=O) groups is 1. The standard InChI is InChI=1S/C19H21F6NO3/c1-6-17(15(27)28-5,11-29-16(2,3)4)26-10-12-7-13(18(20,21)22)9-14(8-12)19(23,24)25/h6-10H,1,11H2,2-5H3. The number of alkyl halides is 6. The molecule has 1 rings (SSSR count). The van der Waals surface area contributed by atoms with Crippen LogP contribution >= 0.6 is 0 Å². The Balaban J connectivity index is 3.47. The third-order valence-electron chi connectivity index (χ3n) is 3.66. The lowest BCUT2D eigenvalue weighted by Crippen LogP contribution is -2.43. The van der Waals surface area contributed by atoms with Gasteiger partial charge in [0, 0.05) is 6.21 Å². The summed E-state index contributed by atoms with van der Waals surface area (Å²) in [4.78, 5) is 16.1. The molecular weight excluding hydrogens is 404 g/mol. The number of hydrogen-bond acceptors (Lipinski definition) is 4. The van der Waals surface area contributed by atoms with Gasteiger partial charge in [0.15, 0.2) is 5.54 Å². The predicted octanol–water partition coefficient (Wildman–Crippen LogP) is 5.06. The van der Waals surface area contributed by atoms with Crippen LogP contribution in [0.2, 0.25) is 0 Å². The smallest absolute Gasteiger partial charge is 0.416 e. The maximum atomic E-state index is 13.0. The highest BCUT2D eigenvalue weighted by Gasteiger charge is 2.39. The lowest BCUT2D eigenvalue weighted by molar-refractivity contribution is -0.149. The first kappa shape index (κ1) is 24.7. The maximum absolute atomic E-state index is 13.0. The van der Waals surface area contributed by atoms with Crippen molar-refractivity contribution in [2.45, 2.75) is 44.3 Å². The molecule has 0 heterocycles. The van der Waals surface area contributed by atoms with Gasteiger partial charge in [0.2, 0.25) is 0 Å². The van der Waals surface area contributed by atoms with Crippen LogP contribution in [-0.2, 0) is 26.6 Å². The lowest BCUT2D eigenvalue weighted by atomic mass is 10.0. The van der Waals surface area contributed by atoms with Crippen molar-refractivity contribution < 1.29 is 40.6 Å². The van der Waals surface area contributed by atoms with Gasteiger partial charge in [0.1, 0.15) is 0 Å². The fourth-order valence-electron chi connectivity index (χ4n) is 2.09. The second kappa shape index (κ2) is 8.56. The van der Waals surface area contributed by atoms with Crippen LogP contribution in [0.15, 0.2) is 35.8 Å². The van der Waals surface area contributed by atoms with Gasteiger partial charge in [-0.05, 0) is 44.5 Å². The van der Waals surface area contributed by atoms with Crippen LogP contribution < -0.4 is 0 Å². The lowest BCUT2D eigenvalue weighted by Gasteiger charge is -2.28. The summed E-state index contributed by atoms with van der Waals surface area (Å²) in [6.07, 6.45) is -8.22. The van der Waals surface area contributed by atoms with E-state index in [0.29, 0.717) is 12.1 Å². The molecule has 0 radical (unpaired) electrons. The van der Waals surface area contributed by atoms with Gasteiger partial charge in [0.25, 0.3) is 0 Å². The molecule has 4 nitrogen and oxygen atoms in total. The second-order valence-corrected chi connectivity index (χ2v) is 7.12. The zero-order valence-electron chi connectivity index (χ0n) is 16.2. The number of halogens is 6. The van der Waals surface area contributed by atoms with E-state index in [0.717, 1.165) is 19.4 Å². The molecule has 1 aromatic carbocycles. The number of methoxy groups -OCH3 is 1. The summed E-state index contributed by atoms with van der Waals surface area (Å²) in [5.74, 6) is -0.934. The van der Waals surface area contributed by atoms with Gasteiger partial charge in [-0.1, -0.05) is 12.7 Å². The number of carbonyl (C=O) groups excluding carboxylic acids is 1. The highest BCUT2D eigenvalue weighted by molar-refractivity contribution is 5.89. The molecular formula is C19H21F6NO3. The van der Waals surface area contributed by atoms with Crippen LogP contribution in [0.5, 0.6) is 0 Å². The quantitative estimate of drug-likeness (QED) is 0.277. The van der Waals surface area contributed by atoms with Crippen molar-refractivity contribution >= 4 is 12.2 Å². The summed E-state index contributed by atoms with van der Waals surface area (Å²) >= 11 is 0. The number of benzene rings is 1. The summed E-state index contributed by atoms with van der Waals surface area (Å²) in [6, 6.07) is 0.990. The molecule has 0 amide bonds. The monoisotopic (exact) mass is 425 g/mol. The highest BCUT2D eigenvalue weighted by atomic mass is 19.4. The van der Waals surface area contributed by atoms with Crippen LogP contribution in [0.25, 0.3) is 0 Å². The van der Waals surface area contributed by atoms with Crippen molar-refractivity contribution in [1.29, 1.82) is 0 Å². The largest absolute Gasteiger partial charge is 0.467 e. The van der Waals surface area contributed by atoms with E-state index in [9.17, 15) is 31.1 Å². The van der Waals surface area contributed by atoms with Crippen LogP contribution in [0.4, 0.5) is 26.3 Å². The molecule has 162 valence electrons. The van der Waals surface area contributed by atoms with Gasteiger partial charge in [-0.25, -0.2) is 4.79 Å². The summed E-state index contributed by atoms with van der Waals surface area (Å²) < 4.78 is 88.1. The van der Waals surface area contributed by atoms with Crippen LogP contribution in [0, 0.1) is 0 Å². The molecule has 10 heteroatoms. The normalized spacial score (nSPS) is 15.2. The second-order valence-electron chi connectivity index (χ2n) is 7.12. The average molecular weight is 425 g/mol. The Morgan fingerprint density at radius 1 is 1.03 bits per heavy atom. The molecule has 1 aromatic rings. The number of ether oxygens (including phenoxy) is 2. The zero-order chi connectivity index (χ0) is 22.7. The van der Waals surface area contributed by atoms with Gasteiger partial charge in [0.05, 0.1) is 30.4 Å². The van der Waals surface area contributed by atoms with Crippen LogP contribution in [0.1, 0.15) is 37.5 Å². The van der Waals surface area contributed by atoms with Gasteiger partial charge >= 0.3 is 18.3 Å². The summed E-state index contributed by atoms with van der Waals surface area (Å²) in [5.41, 5.74) is -6.06. The van der Waals surface area contributed by atoms with E-state index in [1.165, 1.54) is 0 Å². The first-order valence-electron chi connectivity index (χ1n) is 8.25. The van der Waals surface area contributed by atoms with E-state index in [2.05, 4.69) is 16.3 Å². The minimum atomic E-state index is -5.00. The minimum absolute atomic E-state index is 0.00110. The Hall–Kier alpha value is -2.36. The molecule has 0 saturated heterocycles. The number of esters is 1. The summed E-state index contributed by atoms with van der Waals surface area (Å²) in [7, 11) is 1.05. The van der Waals surface area contributed by atoms with E-state index in [1.807, 2.05) is 0 Å². The van der Waals surface area contributed by atoms with Gasteiger partial charge in [-0.15, -0.1) is 0 Å². The molecule has 0 N–H and O–H groups in total. The van der Waals surface area contributed by atoms with Crippen molar-refractivity contribution in [3.63, 3.8) is 0 Å². The third kappa shape index (κ3) is 6.88. The fourth-order valence-corrected chi connectivity index (χ4v) is 2.09. The maximum Gasteiger partial charge on any atom is 0.416 e. The van der Waals surface area contributed by atoms with Crippen molar-refractivity contribution in [3.8, 4) is 0 Å². The van der Waals surface area contributed by atoms with Gasteiger partial charge in [-0.2, -0.15) is 26.3 Å². The van der Waals surface area contributed by atoms with E-state index in [1.54, 1.807) is 20.8 Å². The van der Waals surface area contributed by atoms with Gasteiger partial charge in [-0.3, -0.25) is 4.99 Å². The number of rotatable bonds is 6. The van der Waals surface area contributed by atoms with Crippen molar-refractivity contribution in [3.05, 3.63) is 47.5 Å². The third-order valence-corrected chi connectivity index (χ3v) is 3.66. The average Bonchev–Trinajstić information content (AvgIpc) is 2.59. The summed E-state index contributed by atoms with van der Waals surface area (Å²) in [6.45, 7) is 8.15. The SMILES string of the molecule is C=CC(COC(C)(C)C)(N=Cc1cc(C(F)(F)F)cc(C(F)(F)F)c1)C(=O)OC. The number of nitrogens with zero attached hydrogens (tertiary/aromatic N) is 1. The van der Waals surface area contributed by atoms with E-state index >= 15 is 0 Å². The molecule has 1 atom stereocenters. The molecule has 0 aliphatic heterocycles. The van der Waals surface area contributed by atoms with E-state index in [-0.39, 0.29) is 12.7 Å². The Bertz CT molecular complexity index is 745. The Kier molecular flexibility index (Phi) is 7.29. The topological polar surface area (TPSA) is 47.9 Å². The highest BCUT2D eigenvalue weighted by Crippen LogP contribution is 2.36. The molecule has 0 aromatic heterocycles. The minimum Gasteiger partial charge on any atom is -0.467 e. The number of hydrogen-bond donors (Lipinski definition) is 0. The molecule has 1 unspecified atom stereocenters. The summed E-state index contributed by atoms with van der Waals surface area (Å²) in [5, 5.41) is 0. The van der Waals surface area contributed by atoms with Crippen LogP contribution in [-0.4, -0.2) is 37.0 Å². The van der Waals surface area contributed by atoms with Gasteiger partial charge < -0.3 is 9.47 Å². The first-order valence-corrected chi connectivity index (χ1v) is 8.25. The fraction of sp³-hybridized carbons (Fsp3) is 0.474. The molecule has 29 heavy (non-hydrogen) atoms. The Morgan fingerprint density at radius 3 is 1.86 bits per heavy atom. The van der Waals surface area contributed by atoms with Crippen molar-refractivity contribution in [2.75, 3.05) is 13.7 Å². The zero-order valence-corrected chi connectivity index (χ0v) is 16.2. The molecule has 0 aliphatic rings. The first-order chi connectivity index (χ1) is 13.0. The number of aliphatic imine (C=N–C) groups is 1.